The van der Waals surface area contributed by atoms with Gasteiger partial charge in [0, 0.05) is 36.8 Å². The van der Waals surface area contributed by atoms with Gasteiger partial charge in [-0.2, -0.15) is 0 Å². The average molecular weight is 264 g/mol. The van der Waals surface area contributed by atoms with Crippen molar-refractivity contribution in [3.8, 4) is 5.75 Å². The largest absolute Gasteiger partial charge is 0.493 e. The molecule has 1 saturated carbocycles. The van der Waals surface area contributed by atoms with E-state index in [0.29, 0.717) is 25.9 Å². The van der Waals surface area contributed by atoms with E-state index in [1.807, 2.05) is 12.1 Å². The minimum atomic E-state index is -0.944. The molecule has 1 aliphatic carbocycles. The second kappa shape index (κ2) is 4.67. The normalized spacial score (nSPS) is 20.9. The summed E-state index contributed by atoms with van der Waals surface area (Å²) in [4.78, 5) is 2.27. The molecule has 1 aliphatic heterocycles. The van der Waals surface area contributed by atoms with Crippen molar-refractivity contribution in [3.63, 3.8) is 0 Å². The molecule has 2 N–H and O–H groups in total. The van der Waals surface area contributed by atoms with Gasteiger partial charge in [0.1, 0.15) is 11.4 Å². The topological polar surface area (TPSA) is 38.5 Å². The highest BCUT2D eigenvalue weighted by Gasteiger charge is 2.42. The standard InChI is InChI=1S/C15H21FN2O/c1-18-6-2-13-11(10-18)8-12(17)9-14(13)19-7-5-15(16)3-4-15/h8-9H,2-7,10,17H2,1H3. The second-order valence-corrected chi connectivity index (χ2v) is 5.89. The first-order valence-electron chi connectivity index (χ1n) is 6.97. The number of ether oxygens (including phenoxy) is 1. The molecule has 0 unspecified atom stereocenters. The van der Waals surface area contributed by atoms with Crippen LogP contribution in [0, 0.1) is 0 Å². The van der Waals surface area contributed by atoms with E-state index in [1.54, 1.807) is 0 Å². The van der Waals surface area contributed by atoms with Gasteiger partial charge in [-0.05, 0) is 37.9 Å². The molecule has 0 radical (unpaired) electrons. The predicted octanol–water partition coefficient (Wildman–Crippen LogP) is 2.53. The van der Waals surface area contributed by atoms with E-state index in [4.69, 9.17) is 10.5 Å². The van der Waals surface area contributed by atoms with Crippen LogP contribution in [0.15, 0.2) is 12.1 Å². The minimum Gasteiger partial charge on any atom is -0.493 e. The van der Waals surface area contributed by atoms with Gasteiger partial charge in [0.25, 0.3) is 0 Å². The van der Waals surface area contributed by atoms with Crippen molar-refractivity contribution >= 4 is 5.69 Å². The fourth-order valence-corrected chi connectivity index (χ4v) is 2.68. The van der Waals surface area contributed by atoms with Crippen LogP contribution in [-0.4, -0.2) is 30.8 Å². The maximum Gasteiger partial charge on any atom is 0.124 e. The molecule has 1 heterocycles. The Bertz CT molecular complexity index is 485. The van der Waals surface area contributed by atoms with E-state index in [-0.39, 0.29) is 0 Å². The molecule has 2 aliphatic rings. The summed E-state index contributed by atoms with van der Waals surface area (Å²) < 4.78 is 19.4. The number of nitrogen functional groups attached to an aromatic ring is 1. The molecule has 1 fully saturated rings. The van der Waals surface area contributed by atoms with E-state index in [9.17, 15) is 4.39 Å². The zero-order chi connectivity index (χ0) is 13.5. The van der Waals surface area contributed by atoms with E-state index in [1.165, 1.54) is 11.1 Å². The molecule has 1 aromatic carbocycles. The Kier molecular flexibility index (Phi) is 3.13. The van der Waals surface area contributed by atoms with Crippen LogP contribution in [0.3, 0.4) is 0 Å². The van der Waals surface area contributed by atoms with Gasteiger partial charge < -0.3 is 15.4 Å². The molecule has 0 spiro atoms. The lowest BCUT2D eigenvalue weighted by molar-refractivity contribution is 0.216. The van der Waals surface area contributed by atoms with Crippen molar-refractivity contribution in [3.05, 3.63) is 23.3 Å². The zero-order valence-corrected chi connectivity index (χ0v) is 11.4. The quantitative estimate of drug-likeness (QED) is 0.849. The van der Waals surface area contributed by atoms with E-state index < -0.39 is 5.67 Å². The summed E-state index contributed by atoms with van der Waals surface area (Å²) in [7, 11) is 2.10. The SMILES string of the molecule is CN1CCc2c(cc(N)cc2OCCC2(F)CC2)C1. The van der Waals surface area contributed by atoms with E-state index in [0.717, 1.165) is 30.9 Å². The molecule has 19 heavy (non-hydrogen) atoms. The molecule has 0 saturated heterocycles. The summed E-state index contributed by atoms with van der Waals surface area (Å²) >= 11 is 0. The first kappa shape index (κ1) is 12.7. The number of fused-ring (bicyclic) bond motifs is 1. The fraction of sp³-hybridized carbons (Fsp3) is 0.600. The molecule has 0 atom stereocenters. The van der Waals surface area contributed by atoms with Gasteiger partial charge in [0.15, 0.2) is 0 Å². The van der Waals surface area contributed by atoms with Crippen LogP contribution in [0.2, 0.25) is 0 Å². The minimum absolute atomic E-state index is 0.447. The Labute approximate surface area is 113 Å². The molecule has 0 aromatic heterocycles. The molecule has 4 heteroatoms. The van der Waals surface area contributed by atoms with Gasteiger partial charge in [-0.25, -0.2) is 4.39 Å². The monoisotopic (exact) mass is 264 g/mol. The number of hydrogen-bond donors (Lipinski definition) is 1. The van der Waals surface area contributed by atoms with E-state index in [2.05, 4.69) is 11.9 Å². The Hall–Kier alpha value is -1.29. The second-order valence-electron chi connectivity index (χ2n) is 5.89. The molecule has 0 bridgehead atoms. The summed E-state index contributed by atoms with van der Waals surface area (Å²) in [6.07, 6.45) is 2.85. The third-order valence-corrected chi connectivity index (χ3v) is 4.11. The van der Waals surface area contributed by atoms with Crippen molar-refractivity contribution in [1.82, 2.24) is 4.90 Å². The Balaban J connectivity index is 1.72. The maximum absolute atomic E-state index is 13.6. The highest BCUT2D eigenvalue weighted by Crippen LogP contribution is 2.43. The van der Waals surface area contributed by atoms with Crippen LogP contribution < -0.4 is 10.5 Å². The van der Waals surface area contributed by atoms with Gasteiger partial charge in [0.05, 0.1) is 6.61 Å². The summed E-state index contributed by atoms with van der Waals surface area (Å²) in [6, 6.07) is 3.90. The summed E-state index contributed by atoms with van der Waals surface area (Å²) in [5.41, 5.74) is 8.20. The van der Waals surface area contributed by atoms with Crippen molar-refractivity contribution < 1.29 is 9.13 Å². The highest BCUT2D eigenvalue weighted by molar-refractivity contribution is 5.54. The van der Waals surface area contributed by atoms with Gasteiger partial charge in [-0.3, -0.25) is 0 Å². The lowest BCUT2D eigenvalue weighted by Crippen LogP contribution is -2.27. The van der Waals surface area contributed by atoms with Crippen molar-refractivity contribution in [2.24, 2.45) is 0 Å². The van der Waals surface area contributed by atoms with Gasteiger partial charge in [-0.15, -0.1) is 0 Å². The first-order chi connectivity index (χ1) is 9.06. The fourth-order valence-electron chi connectivity index (χ4n) is 2.68. The summed E-state index contributed by atoms with van der Waals surface area (Å²) in [5, 5.41) is 0. The van der Waals surface area contributed by atoms with Gasteiger partial charge in [0.2, 0.25) is 0 Å². The smallest absolute Gasteiger partial charge is 0.124 e. The van der Waals surface area contributed by atoms with Crippen molar-refractivity contribution in [2.75, 3.05) is 25.9 Å². The molecule has 104 valence electrons. The van der Waals surface area contributed by atoms with Crippen LogP contribution in [0.4, 0.5) is 10.1 Å². The number of hydrogen-bond acceptors (Lipinski definition) is 3. The number of nitrogens with zero attached hydrogens (tertiary/aromatic N) is 1. The number of rotatable bonds is 4. The molecule has 3 nitrogen and oxygen atoms in total. The molecule has 0 amide bonds. The first-order valence-corrected chi connectivity index (χ1v) is 6.97. The maximum atomic E-state index is 13.6. The predicted molar refractivity (Wildman–Crippen MR) is 74.1 cm³/mol. The van der Waals surface area contributed by atoms with Crippen LogP contribution in [0.1, 0.15) is 30.4 Å². The number of halogens is 1. The number of likely N-dealkylation sites (N-methyl/N-ethyl adjacent to an activating group) is 1. The Morgan fingerprint density at radius 2 is 2.21 bits per heavy atom. The molecule has 1 aromatic rings. The van der Waals surface area contributed by atoms with Crippen LogP contribution in [0.5, 0.6) is 5.75 Å². The van der Waals surface area contributed by atoms with Crippen molar-refractivity contribution in [1.29, 1.82) is 0 Å². The Morgan fingerprint density at radius 1 is 1.42 bits per heavy atom. The molecule has 3 rings (SSSR count). The molecular weight excluding hydrogens is 243 g/mol. The van der Waals surface area contributed by atoms with Gasteiger partial charge >= 0.3 is 0 Å². The summed E-state index contributed by atoms with van der Waals surface area (Å²) in [6.45, 7) is 2.38. The lowest BCUT2D eigenvalue weighted by Gasteiger charge is -2.27. The number of nitrogens with two attached hydrogens (primary N) is 1. The van der Waals surface area contributed by atoms with Crippen molar-refractivity contribution in [2.45, 2.75) is 37.9 Å². The lowest BCUT2D eigenvalue weighted by atomic mass is 9.98. The third-order valence-electron chi connectivity index (χ3n) is 4.11. The number of anilines is 1. The zero-order valence-electron chi connectivity index (χ0n) is 11.4. The average Bonchev–Trinajstić information content (AvgIpc) is 3.06. The Morgan fingerprint density at radius 3 is 2.95 bits per heavy atom. The number of benzene rings is 1. The van der Waals surface area contributed by atoms with Crippen LogP contribution in [0.25, 0.3) is 0 Å². The molecular formula is C15H21FN2O. The third kappa shape index (κ3) is 2.84. The summed E-state index contributed by atoms with van der Waals surface area (Å²) in [5.74, 6) is 0.854. The highest BCUT2D eigenvalue weighted by atomic mass is 19.1. The number of alkyl halides is 1. The van der Waals surface area contributed by atoms with Gasteiger partial charge in [-0.1, -0.05) is 0 Å². The van der Waals surface area contributed by atoms with E-state index >= 15 is 0 Å². The van der Waals surface area contributed by atoms with Crippen LogP contribution >= 0.6 is 0 Å². The van der Waals surface area contributed by atoms with Crippen LogP contribution in [-0.2, 0) is 13.0 Å².